The smallest absolute Gasteiger partial charge is 0.0540 e. The van der Waals surface area contributed by atoms with Crippen molar-refractivity contribution >= 4 is 11.3 Å². The predicted molar refractivity (Wildman–Crippen MR) is 82.4 cm³/mol. The van der Waals surface area contributed by atoms with Gasteiger partial charge in [-0.05, 0) is 46.7 Å². The van der Waals surface area contributed by atoms with E-state index in [1.54, 1.807) is 11.3 Å². The summed E-state index contributed by atoms with van der Waals surface area (Å²) in [5.74, 6) is 6.02. The van der Waals surface area contributed by atoms with E-state index in [1.165, 1.54) is 11.3 Å². The van der Waals surface area contributed by atoms with Crippen LogP contribution in [-0.2, 0) is 6.54 Å². The molecule has 1 rings (SSSR count). The number of thiophene rings is 1. The van der Waals surface area contributed by atoms with E-state index in [0.717, 1.165) is 25.2 Å². The van der Waals surface area contributed by atoms with Crippen LogP contribution in [0.3, 0.4) is 0 Å². The van der Waals surface area contributed by atoms with Gasteiger partial charge in [-0.15, -0.1) is 11.3 Å². The summed E-state index contributed by atoms with van der Waals surface area (Å²) in [6.07, 6.45) is 1.74. The van der Waals surface area contributed by atoms with Crippen LogP contribution in [0.25, 0.3) is 0 Å². The average Bonchev–Trinajstić information content (AvgIpc) is 2.76. The van der Waals surface area contributed by atoms with E-state index < -0.39 is 0 Å². The second-order valence-electron chi connectivity index (χ2n) is 4.97. The van der Waals surface area contributed by atoms with Gasteiger partial charge < -0.3 is 14.9 Å². The molecule has 0 fully saturated rings. The first kappa shape index (κ1) is 16.2. The fraction of sp³-hybridized carbons (Fsp3) is 0.600. The molecule has 0 aliphatic heterocycles. The van der Waals surface area contributed by atoms with Gasteiger partial charge in [0.1, 0.15) is 0 Å². The van der Waals surface area contributed by atoms with Crippen molar-refractivity contribution in [1.82, 2.24) is 9.80 Å². The molecule has 0 aliphatic rings. The van der Waals surface area contributed by atoms with Gasteiger partial charge in [-0.3, -0.25) is 0 Å². The van der Waals surface area contributed by atoms with Crippen molar-refractivity contribution in [3.8, 4) is 11.8 Å². The minimum Gasteiger partial charge on any atom is -0.395 e. The normalized spacial score (nSPS) is 10.8. The monoisotopic (exact) mass is 280 g/mol. The molecule has 0 spiro atoms. The largest absolute Gasteiger partial charge is 0.395 e. The fourth-order valence-electron chi connectivity index (χ4n) is 1.75. The van der Waals surface area contributed by atoms with Gasteiger partial charge in [0.2, 0.25) is 0 Å². The molecule has 1 heterocycles. The van der Waals surface area contributed by atoms with Crippen molar-refractivity contribution in [3.05, 3.63) is 21.9 Å². The maximum Gasteiger partial charge on any atom is 0.0540 e. The summed E-state index contributed by atoms with van der Waals surface area (Å²) < 4.78 is 0. The van der Waals surface area contributed by atoms with E-state index in [2.05, 4.69) is 54.2 Å². The Balaban J connectivity index is 2.35. The molecule has 0 saturated heterocycles. The summed E-state index contributed by atoms with van der Waals surface area (Å²) in [6, 6.07) is 2.15. The Morgan fingerprint density at radius 1 is 1.26 bits per heavy atom. The zero-order chi connectivity index (χ0) is 14.1. The topological polar surface area (TPSA) is 26.7 Å². The quantitative estimate of drug-likeness (QED) is 0.772. The van der Waals surface area contributed by atoms with Gasteiger partial charge in [0.25, 0.3) is 0 Å². The van der Waals surface area contributed by atoms with Crippen molar-refractivity contribution in [2.24, 2.45) is 0 Å². The van der Waals surface area contributed by atoms with Crippen molar-refractivity contribution < 1.29 is 5.11 Å². The predicted octanol–water partition coefficient (Wildman–Crippen LogP) is 1.87. The summed E-state index contributed by atoms with van der Waals surface area (Å²) >= 11 is 1.76. The van der Waals surface area contributed by atoms with E-state index in [1.807, 2.05) is 0 Å². The standard InChI is InChI=1S/C15H24N2OS/c1-16(2)8-6-9-17(3)12-15-11-14(13-19-15)7-4-5-10-18/h11,13,18H,5-6,8-10,12H2,1-3H3. The fourth-order valence-corrected chi connectivity index (χ4v) is 2.65. The van der Waals surface area contributed by atoms with Gasteiger partial charge in [-0.1, -0.05) is 11.8 Å². The van der Waals surface area contributed by atoms with Crippen molar-refractivity contribution in [2.45, 2.75) is 19.4 Å². The lowest BCUT2D eigenvalue weighted by Crippen LogP contribution is -2.23. The van der Waals surface area contributed by atoms with Gasteiger partial charge in [-0.2, -0.15) is 0 Å². The van der Waals surface area contributed by atoms with Crippen LogP contribution in [-0.4, -0.2) is 55.7 Å². The third kappa shape index (κ3) is 7.34. The Hall–Kier alpha value is -0.860. The van der Waals surface area contributed by atoms with Crippen LogP contribution < -0.4 is 0 Å². The lowest BCUT2D eigenvalue weighted by Gasteiger charge is -2.17. The molecule has 0 atom stereocenters. The third-order valence-electron chi connectivity index (χ3n) is 2.69. The van der Waals surface area contributed by atoms with Gasteiger partial charge in [0.05, 0.1) is 6.61 Å². The molecule has 0 saturated carbocycles. The number of hydrogen-bond donors (Lipinski definition) is 1. The number of aliphatic hydroxyl groups is 1. The second-order valence-corrected chi connectivity index (χ2v) is 5.97. The average molecular weight is 280 g/mol. The summed E-state index contributed by atoms with van der Waals surface area (Å²) in [4.78, 5) is 5.91. The Morgan fingerprint density at radius 2 is 2.05 bits per heavy atom. The van der Waals surface area contributed by atoms with E-state index >= 15 is 0 Å². The van der Waals surface area contributed by atoms with E-state index in [9.17, 15) is 0 Å². The molecule has 19 heavy (non-hydrogen) atoms. The highest BCUT2D eigenvalue weighted by Crippen LogP contribution is 2.15. The zero-order valence-electron chi connectivity index (χ0n) is 12.1. The molecule has 1 aromatic rings. The first-order chi connectivity index (χ1) is 9.11. The van der Waals surface area contributed by atoms with Gasteiger partial charge in [0.15, 0.2) is 0 Å². The van der Waals surface area contributed by atoms with E-state index in [-0.39, 0.29) is 6.61 Å². The minimum absolute atomic E-state index is 0.138. The van der Waals surface area contributed by atoms with Crippen LogP contribution in [0.2, 0.25) is 0 Å². The first-order valence-corrected chi connectivity index (χ1v) is 7.50. The molecule has 0 radical (unpaired) electrons. The molecule has 1 aromatic heterocycles. The van der Waals surface area contributed by atoms with Crippen LogP contribution in [0.4, 0.5) is 0 Å². The third-order valence-corrected chi connectivity index (χ3v) is 3.62. The molecular formula is C15H24N2OS. The molecule has 0 amide bonds. The van der Waals surface area contributed by atoms with Crippen LogP contribution in [0.1, 0.15) is 23.3 Å². The highest BCUT2D eigenvalue weighted by molar-refractivity contribution is 7.10. The molecule has 4 heteroatoms. The lowest BCUT2D eigenvalue weighted by atomic mass is 10.3. The number of hydrogen-bond acceptors (Lipinski definition) is 4. The SMILES string of the molecule is CN(C)CCCN(C)Cc1cc(C#CCCO)cs1. The van der Waals surface area contributed by atoms with Crippen LogP contribution in [0.15, 0.2) is 11.4 Å². The van der Waals surface area contributed by atoms with Crippen molar-refractivity contribution in [1.29, 1.82) is 0 Å². The van der Waals surface area contributed by atoms with Gasteiger partial charge in [0, 0.05) is 28.8 Å². The molecule has 1 N–H and O–H groups in total. The highest BCUT2D eigenvalue weighted by atomic mass is 32.1. The Morgan fingerprint density at radius 3 is 2.74 bits per heavy atom. The van der Waals surface area contributed by atoms with Gasteiger partial charge >= 0.3 is 0 Å². The molecule has 0 unspecified atom stereocenters. The molecule has 0 aliphatic carbocycles. The molecular weight excluding hydrogens is 256 g/mol. The van der Waals surface area contributed by atoms with Crippen LogP contribution in [0.5, 0.6) is 0 Å². The summed E-state index contributed by atoms with van der Waals surface area (Å²) in [5.41, 5.74) is 1.06. The lowest BCUT2D eigenvalue weighted by molar-refractivity contribution is 0.296. The molecule has 0 aromatic carbocycles. The summed E-state index contributed by atoms with van der Waals surface area (Å²) in [5, 5.41) is 10.8. The maximum absolute atomic E-state index is 8.68. The Labute approximate surface area is 120 Å². The maximum atomic E-state index is 8.68. The second kappa shape index (κ2) is 9.11. The van der Waals surface area contributed by atoms with Crippen molar-refractivity contribution in [3.63, 3.8) is 0 Å². The Kier molecular flexibility index (Phi) is 7.76. The minimum atomic E-state index is 0.138. The number of rotatable bonds is 7. The summed E-state index contributed by atoms with van der Waals surface area (Å²) in [6.45, 7) is 3.37. The summed E-state index contributed by atoms with van der Waals surface area (Å²) in [7, 11) is 6.37. The van der Waals surface area contributed by atoms with Crippen LogP contribution >= 0.6 is 11.3 Å². The van der Waals surface area contributed by atoms with E-state index in [0.29, 0.717) is 6.42 Å². The molecule has 3 nitrogen and oxygen atoms in total. The zero-order valence-corrected chi connectivity index (χ0v) is 13.0. The number of aliphatic hydroxyl groups excluding tert-OH is 1. The first-order valence-electron chi connectivity index (χ1n) is 6.62. The van der Waals surface area contributed by atoms with Gasteiger partial charge in [-0.25, -0.2) is 0 Å². The Bertz CT molecular complexity index is 417. The van der Waals surface area contributed by atoms with E-state index in [4.69, 9.17) is 5.11 Å². The molecule has 106 valence electrons. The number of nitrogens with zero attached hydrogens (tertiary/aromatic N) is 2. The van der Waals surface area contributed by atoms with Crippen molar-refractivity contribution in [2.75, 3.05) is 40.8 Å². The highest BCUT2D eigenvalue weighted by Gasteiger charge is 2.03. The molecule has 0 bridgehead atoms. The van der Waals surface area contributed by atoms with Crippen LogP contribution in [0, 0.1) is 11.8 Å².